The van der Waals surface area contributed by atoms with Crippen LogP contribution in [0, 0.1) is 5.41 Å². The zero-order valence-corrected chi connectivity index (χ0v) is 15.8. The number of nitrogens with one attached hydrogen (secondary N) is 3. The Labute approximate surface area is 144 Å². The largest absolute Gasteiger partial charge is 0.357 e. The van der Waals surface area contributed by atoms with Gasteiger partial charge in [0.25, 0.3) is 0 Å². The van der Waals surface area contributed by atoms with E-state index in [4.69, 9.17) is 0 Å². The maximum absolute atomic E-state index is 11.8. The predicted octanol–water partition coefficient (Wildman–Crippen LogP) is 2.53. The molecule has 0 aliphatic heterocycles. The molecule has 0 bridgehead atoms. The van der Waals surface area contributed by atoms with Gasteiger partial charge in [0.1, 0.15) is 0 Å². The summed E-state index contributed by atoms with van der Waals surface area (Å²) in [4.78, 5) is 19.0. The van der Waals surface area contributed by atoms with Gasteiger partial charge in [-0.3, -0.25) is 4.79 Å². The van der Waals surface area contributed by atoms with Crippen LogP contribution in [-0.4, -0.2) is 31.5 Å². The molecule has 0 spiro atoms. The summed E-state index contributed by atoms with van der Waals surface area (Å²) in [6.45, 7) is 12.7. The maximum atomic E-state index is 11.8. The van der Waals surface area contributed by atoms with Crippen LogP contribution < -0.4 is 16.0 Å². The molecule has 5 nitrogen and oxygen atoms in total. The quantitative estimate of drug-likeness (QED) is 0.407. The predicted molar refractivity (Wildman–Crippen MR) is 99.0 cm³/mol. The van der Waals surface area contributed by atoms with Crippen molar-refractivity contribution in [3.63, 3.8) is 0 Å². The number of amides is 1. The van der Waals surface area contributed by atoms with Gasteiger partial charge in [-0.05, 0) is 25.5 Å². The zero-order chi connectivity index (χ0) is 17.3. The van der Waals surface area contributed by atoms with Crippen molar-refractivity contribution >= 4 is 23.2 Å². The molecule has 6 heteroatoms. The van der Waals surface area contributed by atoms with Gasteiger partial charge in [-0.1, -0.05) is 27.7 Å². The smallest absolute Gasteiger partial charge is 0.225 e. The average Bonchev–Trinajstić information content (AvgIpc) is 2.95. The Morgan fingerprint density at radius 2 is 1.74 bits per heavy atom. The van der Waals surface area contributed by atoms with Crippen LogP contribution in [0.15, 0.2) is 17.1 Å². The highest BCUT2D eigenvalue weighted by Gasteiger charge is 2.20. The van der Waals surface area contributed by atoms with E-state index in [2.05, 4.69) is 40.0 Å². The molecule has 0 saturated carbocycles. The van der Waals surface area contributed by atoms with E-state index in [1.807, 2.05) is 39.0 Å². The van der Waals surface area contributed by atoms with E-state index in [0.717, 1.165) is 18.9 Å². The van der Waals surface area contributed by atoms with Gasteiger partial charge in [-0.25, -0.2) is 4.99 Å². The summed E-state index contributed by atoms with van der Waals surface area (Å²) < 4.78 is 0. The number of carbonyl (C=O) groups is 1. The Balaban J connectivity index is 2.42. The van der Waals surface area contributed by atoms with Crippen molar-refractivity contribution in [2.75, 3.05) is 19.6 Å². The third-order valence-corrected chi connectivity index (χ3v) is 4.40. The Morgan fingerprint density at radius 3 is 2.30 bits per heavy atom. The van der Waals surface area contributed by atoms with Crippen molar-refractivity contribution in [1.82, 2.24) is 16.0 Å². The lowest BCUT2D eigenvalue weighted by molar-refractivity contribution is -0.128. The van der Waals surface area contributed by atoms with Crippen LogP contribution in [-0.2, 0) is 17.8 Å². The van der Waals surface area contributed by atoms with Crippen LogP contribution >= 0.6 is 11.3 Å². The van der Waals surface area contributed by atoms with Gasteiger partial charge in [0.15, 0.2) is 5.96 Å². The van der Waals surface area contributed by atoms with Crippen LogP contribution in [0.3, 0.4) is 0 Å². The Bertz CT molecular complexity index is 517. The molecular formula is C17H30N4OS. The third kappa shape index (κ3) is 7.50. The van der Waals surface area contributed by atoms with Gasteiger partial charge < -0.3 is 16.0 Å². The molecule has 3 N–H and O–H groups in total. The van der Waals surface area contributed by atoms with Gasteiger partial charge in [0, 0.05) is 34.8 Å². The van der Waals surface area contributed by atoms with Gasteiger partial charge in [-0.15, -0.1) is 11.3 Å². The molecule has 23 heavy (non-hydrogen) atoms. The molecule has 130 valence electrons. The van der Waals surface area contributed by atoms with Crippen molar-refractivity contribution in [3.05, 3.63) is 21.9 Å². The summed E-state index contributed by atoms with van der Waals surface area (Å²) in [6, 6.07) is 4.30. The minimum absolute atomic E-state index is 0.0620. The van der Waals surface area contributed by atoms with E-state index in [0.29, 0.717) is 19.6 Å². The molecule has 1 rings (SSSR count). The van der Waals surface area contributed by atoms with E-state index in [1.54, 1.807) is 0 Å². The Kier molecular flexibility index (Phi) is 8.09. The molecule has 1 aromatic rings. The normalized spacial score (nSPS) is 12.1. The number of carbonyl (C=O) groups excluding carboxylic acids is 1. The van der Waals surface area contributed by atoms with Crippen LogP contribution in [0.4, 0.5) is 0 Å². The number of aliphatic imine (C=N–C) groups is 1. The Hall–Kier alpha value is -1.56. The second kappa shape index (κ2) is 9.55. The van der Waals surface area contributed by atoms with E-state index >= 15 is 0 Å². The third-order valence-electron chi connectivity index (χ3n) is 3.19. The molecule has 0 fully saturated rings. The molecule has 1 heterocycles. The highest BCUT2D eigenvalue weighted by molar-refractivity contribution is 7.11. The first-order chi connectivity index (χ1) is 10.9. The molecule has 0 atom stereocenters. The molecule has 0 aliphatic carbocycles. The number of nitrogens with zero attached hydrogens (tertiary/aromatic N) is 1. The van der Waals surface area contributed by atoms with Crippen LogP contribution in [0.5, 0.6) is 0 Å². The molecular weight excluding hydrogens is 308 g/mol. The molecule has 0 unspecified atom stereocenters. The van der Waals surface area contributed by atoms with Crippen molar-refractivity contribution in [1.29, 1.82) is 0 Å². The number of guanidine groups is 1. The molecule has 0 aliphatic rings. The van der Waals surface area contributed by atoms with Gasteiger partial charge >= 0.3 is 0 Å². The highest BCUT2D eigenvalue weighted by Crippen LogP contribution is 2.17. The van der Waals surface area contributed by atoms with Crippen LogP contribution in [0.1, 0.15) is 44.4 Å². The highest BCUT2D eigenvalue weighted by atomic mass is 32.1. The van der Waals surface area contributed by atoms with Crippen molar-refractivity contribution < 1.29 is 4.79 Å². The molecule has 0 aromatic carbocycles. The van der Waals surface area contributed by atoms with Gasteiger partial charge in [0.05, 0.1) is 6.54 Å². The molecule has 1 aromatic heterocycles. The maximum Gasteiger partial charge on any atom is 0.225 e. The molecule has 0 radical (unpaired) electrons. The van der Waals surface area contributed by atoms with E-state index in [1.165, 1.54) is 9.75 Å². The number of hydrogen-bond acceptors (Lipinski definition) is 3. The standard InChI is InChI=1S/C17H30N4OS/c1-6-13-8-9-14(23-13)12-21-16(18-7-2)20-11-10-19-15(22)17(3,4)5/h8-9H,6-7,10-12H2,1-5H3,(H,19,22)(H2,18,20,21). The lowest BCUT2D eigenvalue weighted by atomic mass is 9.96. The zero-order valence-electron chi connectivity index (χ0n) is 15.0. The number of rotatable bonds is 7. The molecule has 0 saturated heterocycles. The van der Waals surface area contributed by atoms with Crippen molar-refractivity contribution in [3.8, 4) is 0 Å². The van der Waals surface area contributed by atoms with E-state index in [-0.39, 0.29) is 11.3 Å². The van der Waals surface area contributed by atoms with Crippen LogP contribution in [0.2, 0.25) is 0 Å². The topological polar surface area (TPSA) is 65.5 Å². The second-order valence-electron chi connectivity index (χ2n) is 6.35. The summed E-state index contributed by atoms with van der Waals surface area (Å²) >= 11 is 1.81. The molecule has 1 amide bonds. The lowest BCUT2D eigenvalue weighted by Crippen LogP contribution is -2.43. The SMILES string of the molecule is CCNC(=NCc1ccc(CC)s1)NCCNC(=O)C(C)(C)C. The monoisotopic (exact) mass is 338 g/mol. The number of aryl methyl sites for hydroxylation is 1. The summed E-state index contributed by atoms with van der Waals surface area (Å²) in [5.74, 6) is 0.843. The van der Waals surface area contributed by atoms with Crippen molar-refractivity contribution in [2.45, 2.75) is 47.6 Å². The number of hydrogen-bond donors (Lipinski definition) is 3. The second-order valence-corrected chi connectivity index (χ2v) is 7.60. The Morgan fingerprint density at radius 1 is 1.09 bits per heavy atom. The fourth-order valence-corrected chi connectivity index (χ4v) is 2.70. The minimum Gasteiger partial charge on any atom is -0.357 e. The lowest BCUT2D eigenvalue weighted by Gasteiger charge is -2.18. The fourth-order valence-electron chi connectivity index (χ4n) is 1.82. The van der Waals surface area contributed by atoms with E-state index in [9.17, 15) is 4.79 Å². The van der Waals surface area contributed by atoms with Gasteiger partial charge in [-0.2, -0.15) is 0 Å². The number of thiophene rings is 1. The summed E-state index contributed by atoms with van der Waals surface area (Å²) in [6.07, 6.45) is 1.07. The summed E-state index contributed by atoms with van der Waals surface area (Å²) in [5, 5.41) is 9.39. The van der Waals surface area contributed by atoms with E-state index < -0.39 is 0 Å². The first kappa shape index (κ1) is 19.5. The van der Waals surface area contributed by atoms with Gasteiger partial charge in [0.2, 0.25) is 5.91 Å². The summed E-state index contributed by atoms with van der Waals surface area (Å²) in [7, 11) is 0. The minimum atomic E-state index is -0.352. The summed E-state index contributed by atoms with van der Waals surface area (Å²) in [5.41, 5.74) is -0.352. The first-order valence-corrected chi connectivity index (χ1v) is 9.06. The van der Waals surface area contributed by atoms with Crippen molar-refractivity contribution in [2.24, 2.45) is 10.4 Å². The first-order valence-electron chi connectivity index (χ1n) is 8.24. The van der Waals surface area contributed by atoms with Crippen LogP contribution in [0.25, 0.3) is 0 Å². The average molecular weight is 339 g/mol. The fraction of sp³-hybridized carbons (Fsp3) is 0.647.